The van der Waals surface area contributed by atoms with Gasteiger partial charge >= 0.3 is 0 Å². The van der Waals surface area contributed by atoms with Gasteiger partial charge in [0.1, 0.15) is 0 Å². The summed E-state index contributed by atoms with van der Waals surface area (Å²) in [6.07, 6.45) is 0.726. The van der Waals surface area contributed by atoms with Gasteiger partial charge in [0.05, 0.1) is 17.0 Å². The Labute approximate surface area is 100 Å². The maximum Gasteiger partial charge on any atom is 0.151 e. The number of benzene rings is 1. The topological polar surface area (TPSA) is 44.1 Å². The predicted molar refractivity (Wildman–Crippen MR) is 64.9 cm³/mol. The van der Waals surface area contributed by atoms with Gasteiger partial charge in [-0.3, -0.25) is 4.79 Å². The van der Waals surface area contributed by atoms with E-state index in [1.54, 1.807) is 12.1 Å². The highest BCUT2D eigenvalue weighted by Crippen LogP contribution is 2.22. The number of carbonyl (C=O) groups is 1. The van der Waals surface area contributed by atoms with Crippen LogP contribution in [0.15, 0.2) is 18.2 Å². The van der Waals surface area contributed by atoms with Crippen molar-refractivity contribution < 1.29 is 4.79 Å². The van der Waals surface area contributed by atoms with E-state index < -0.39 is 0 Å². The standard InChI is InChI=1S/C12H13ClN2O/c1-9(6-14)7-15(2)11-4-3-10(8-16)12(13)5-11/h3-5,8-9H,7H2,1-2H3. The van der Waals surface area contributed by atoms with Crippen LogP contribution in [-0.4, -0.2) is 19.9 Å². The molecule has 0 spiro atoms. The summed E-state index contributed by atoms with van der Waals surface area (Å²) in [6, 6.07) is 7.40. The second kappa shape index (κ2) is 5.53. The Hall–Kier alpha value is -1.53. The summed E-state index contributed by atoms with van der Waals surface area (Å²) in [4.78, 5) is 12.5. The van der Waals surface area contributed by atoms with Gasteiger partial charge in [0, 0.05) is 24.8 Å². The molecule has 4 heteroatoms. The summed E-state index contributed by atoms with van der Waals surface area (Å²) in [7, 11) is 1.89. The van der Waals surface area contributed by atoms with Crippen molar-refractivity contribution in [2.45, 2.75) is 6.92 Å². The van der Waals surface area contributed by atoms with Crippen LogP contribution in [0.2, 0.25) is 5.02 Å². The molecule has 0 radical (unpaired) electrons. The molecule has 84 valence electrons. The van der Waals surface area contributed by atoms with Crippen molar-refractivity contribution in [2.24, 2.45) is 5.92 Å². The Morgan fingerprint density at radius 3 is 2.81 bits per heavy atom. The van der Waals surface area contributed by atoms with E-state index in [1.165, 1.54) is 0 Å². The number of nitrogens with zero attached hydrogens (tertiary/aromatic N) is 2. The van der Waals surface area contributed by atoms with Crippen LogP contribution >= 0.6 is 11.6 Å². The molecule has 16 heavy (non-hydrogen) atoms. The Bertz CT molecular complexity index is 426. The van der Waals surface area contributed by atoms with Crippen molar-refractivity contribution >= 4 is 23.6 Å². The fraction of sp³-hybridized carbons (Fsp3) is 0.333. The number of hydrogen-bond acceptors (Lipinski definition) is 3. The van der Waals surface area contributed by atoms with Crippen LogP contribution in [0.3, 0.4) is 0 Å². The highest BCUT2D eigenvalue weighted by atomic mass is 35.5. The molecular weight excluding hydrogens is 224 g/mol. The van der Waals surface area contributed by atoms with Gasteiger partial charge in [-0.15, -0.1) is 0 Å². The number of aldehydes is 1. The number of carbonyl (C=O) groups excluding carboxylic acids is 1. The van der Waals surface area contributed by atoms with Crippen molar-refractivity contribution in [1.29, 1.82) is 5.26 Å². The summed E-state index contributed by atoms with van der Waals surface area (Å²) in [6.45, 7) is 2.49. The van der Waals surface area contributed by atoms with Gasteiger partial charge in [-0.2, -0.15) is 5.26 Å². The number of nitriles is 1. The lowest BCUT2D eigenvalue weighted by Gasteiger charge is -2.20. The Morgan fingerprint density at radius 2 is 2.31 bits per heavy atom. The lowest BCUT2D eigenvalue weighted by molar-refractivity contribution is 0.112. The van der Waals surface area contributed by atoms with Crippen LogP contribution in [-0.2, 0) is 0 Å². The molecule has 0 heterocycles. The molecular formula is C12H13ClN2O. The highest BCUT2D eigenvalue weighted by Gasteiger charge is 2.08. The van der Waals surface area contributed by atoms with Crippen molar-refractivity contribution in [3.05, 3.63) is 28.8 Å². The van der Waals surface area contributed by atoms with Crippen LogP contribution in [0.25, 0.3) is 0 Å². The van der Waals surface area contributed by atoms with Gasteiger partial charge in [0.15, 0.2) is 6.29 Å². The van der Waals surface area contributed by atoms with Crippen LogP contribution in [0, 0.1) is 17.2 Å². The molecule has 0 amide bonds. The fourth-order valence-electron chi connectivity index (χ4n) is 1.41. The Kier molecular flexibility index (Phi) is 4.33. The third-order valence-corrected chi connectivity index (χ3v) is 2.65. The molecule has 1 aromatic rings. The summed E-state index contributed by atoms with van der Waals surface area (Å²) in [5, 5.41) is 9.15. The molecule has 0 saturated carbocycles. The first-order chi connectivity index (χ1) is 7.58. The minimum absolute atomic E-state index is 0.0467. The third kappa shape index (κ3) is 2.98. The molecule has 0 fully saturated rings. The Balaban J connectivity index is 2.85. The summed E-state index contributed by atoms with van der Waals surface area (Å²) >= 11 is 5.92. The van der Waals surface area contributed by atoms with Crippen LogP contribution < -0.4 is 4.90 Å². The quantitative estimate of drug-likeness (QED) is 0.755. The number of anilines is 1. The second-order valence-corrected chi connectivity index (χ2v) is 4.14. The third-order valence-electron chi connectivity index (χ3n) is 2.32. The molecule has 0 N–H and O–H groups in total. The van der Waals surface area contributed by atoms with E-state index >= 15 is 0 Å². The zero-order valence-corrected chi connectivity index (χ0v) is 10.0. The molecule has 1 atom stereocenters. The molecule has 1 unspecified atom stereocenters. The zero-order valence-electron chi connectivity index (χ0n) is 9.27. The summed E-state index contributed by atoms with van der Waals surface area (Å²) in [5.74, 6) is -0.0467. The minimum atomic E-state index is -0.0467. The first kappa shape index (κ1) is 12.5. The van der Waals surface area contributed by atoms with E-state index in [0.29, 0.717) is 17.1 Å². The van der Waals surface area contributed by atoms with Gasteiger partial charge in [-0.05, 0) is 25.1 Å². The van der Waals surface area contributed by atoms with E-state index in [0.717, 1.165) is 12.0 Å². The summed E-state index contributed by atoms with van der Waals surface area (Å²) < 4.78 is 0. The largest absolute Gasteiger partial charge is 0.373 e. The van der Waals surface area contributed by atoms with E-state index in [1.807, 2.05) is 24.9 Å². The van der Waals surface area contributed by atoms with Gasteiger partial charge in [-0.1, -0.05) is 11.6 Å². The van der Waals surface area contributed by atoms with Crippen molar-refractivity contribution in [1.82, 2.24) is 0 Å². The average Bonchev–Trinajstić information content (AvgIpc) is 2.28. The van der Waals surface area contributed by atoms with E-state index in [2.05, 4.69) is 6.07 Å². The molecule has 0 aliphatic heterocycles. The molecule has 0 aliphatic carbocycles. The van der Waals surface area contributed by atoms with Gasteiger partial charge in [-0.25, -0.2) is 0 Å². The smallest absolute Gasteiger partial charge is 0.151 e. The van der Waals surface area contributed by atoms with E-state index in [-0.39, 0.29) is 5.92 Å². The maximum atomic E-state index is 10.6. The highest BCUT2D eigenvalue weighted by molar-refractivity contribution is 6.33. The number of halogens is 1. The number of rotatable bonds is 4. The fourth-order valence-corrected chi connectivity index (χ4v) is 1.63. The molecule has 0 aliphatic rings. The molecule has 1 rings (SSSR count). The zero-order chi connectivity index (χ0) is 12.1. The van der Waals surface area contributed by atoms with E-state index in [9.17, 15) is 4.79 Å². The maximum absolute atomic E-state index is 10.6. The van der Waals surface area contributed by atoms with Crippen LogP contribution in [0.5, 0.6) is 0 Å². The van der Waals surface area contributed by atoms with Crippen molar-refractivity contribution in [3.8, 4) is 6.07 Å². The van der Waals surface area contributed by atoms with Gasteiger partial charge < -0.3 is 4.90 Å². The second-order valence-electron chi connectivity index (χ2n) is 3.73. The van der Waals surface area contributed by atoms with Crippen molar-refractivity contribution in [3.63, 3.8) is 0 Å². The molecule has 3 nitrogen and oxygen atoms in total. The van der Waals surface area contributed by atoms with Crippen molar-refractivity contribution in [2.75, 3.05) is 18.5 Å². The number of hydrogen-bond donors (Lipinski definition) is 0. The summed E-state index contributed by atoms with van der Waals surface area (Å²) in [5.41, 5.74) is 1.38. The molecule has 0 saturated heterocycles. The van der Waals surface area contributed by atoms with Gasteiger partial charge in [0.2, 0.25) is 0 Å². The van der Waals surface area contributed by atoms with Crippen LogP contribution in [0.4, 0.5) is 5.69 Å². The normalized spacial score (nSPS) is 11.6. The van der Waals surface area contributed by atoms with Crippen LogP contribution in [0.1, 0.15) is 17.3 Å². The lowest BCUT2D eigenvalue weighted by atomic mass is 10.1. The first-order valence-electron chi connectivity index (χ1n) is 4.94. The SMILES string of the molecule is CC(C#N)CN(C)c1ccc(C=O)c(Cl)c1. The molecule has 1 aromatic carbocycles. The monoisotopic (exact) mass is 236 g/mol. The predicted octanol–water partition coefficient (Wildman–Crippen LogP) is 2.75. The molecule has 0 aromatic heterocycles. The van der Waals surface area contributed by atoms with Gasteiger partial charge in [0.25, 0.3) is 0 Å². The Morgan fingerprint density at radius 1 is 1.62 bits per heavy atom. The first-order valence-corrected chi connectivity index (χ1v) is 5.31. The average molecular weight is 237 g/mol. The van der Waals surface area contributed by atoms with E-state index in [4.69, 9.17) is 16.9 Å². The molecule has 0 bridgehead atoms. The lowest BCUT2D eigenvalue weighted by Crippen LogP contribution is -2.23. The minimum Gasteiger partial charge on any atom is -0.373 e.